The monoisotopic (exact) mass is 289 g/mol. The lowest BCUT2D eigenvalue weighted by molar-refractivity contribution is 0.0642. The maximum Gasteiger partial charge on any atom is 0.252 e. The highest BCUT2D eigenvalue weighted by molar-refractivity contribution is 9.11. The quantitative estimate of drug-likeness (QED) is 0.896. The summed E-state index contributed by atoms with van der Waals surface area (Å²) < 4.78 is 0.944. The summed E-state index contributed by atoms with van der Waals surface area (Å²) in [5, 5.41) is 13.9. The van der Waals surface area contributed by atoms with Crippen molar-refractivity contribution >= 4 is 33.2 Å². The number of amides is 1. The van der Waals surface area contributed by atoms with Gasteiger partial charge in [-0.1, -0.05) is 0 Å². The largest absolute Gasteiger partial charge is 0.394 e. The van der Waals surface area contributed by atoms with Gasteiger partial charge in [-0.3, -0.25) is 4.79 Å². The first-order chi connectivity index (χ1) is 7.15. The first-order valence-electron chi connectivity index (χ1n) is 4.83. The Hall–Kier alpha value is -0.390. The lowest BCUT2D eigenvalue weighted by atomic mass is 9.77. The minimum Gasteiger partial charge on any atom is -0.394 e. The Balaban J connectivity index is 2.03. The van der Waals surface area contributed by atoms with Crippen molar-refractivity contribution in [3.05, 3.63) is 20.8 Å². The number of halogens is 1. The van der Waals surface area contributed by atoms with Crippen molar-refractivity contribution < 1.29 is 9.90 Å². The van der Waals surface area contributed by atoms with Crippen LogP contribution in [-0.4, -0.2) is 23.2 Å². The number of carbonyl (C=O) groups is 1. The molecule has 3 nitrogen and oxygen atoms in total. The molecule has 0 bridgehead atoms. The van der Waals surface area contributed by atoms with Gasteiger partial charge in [-0.2, -0.15) is 0 Å². The van der Waals surface area contributed by atoms with Crippen molar-refractivity contribution in [2.24, 2.45) is 0 Å². The average Bonchev–Trinajstić information content (AvgIpc) is 2.58. The molecule has 2 rings (SSSR count). The number of hydrogen-bond donors (Lipinski definition) is 2. The van der Waals surface area contributed by atoms with Crippen LogP contribution in [0.4, 0.5) is 0 Å². The number of aliphatic hydroxyl groups is 1. The molecule has 82 valence electrons. The van der Waals surface area contributed by atoms with Gasteiger partial charge in [-0.15, -0.1) is 11.3 Å². The Morgan fingerprint density at radius 3 is 2.80 bits per heavy atom. The number of nitrogens with one attached hydrogen (secondary N) is 1. The third-order valence-corrected chi connectivity index (χ3v) is 4.33. The average molecular weight is 290 g/mol. The molecule has 0 unspecified atom stereocenters. The lowest BCUT2D eigenvalue weighted by Gasteiger charge is -2.40. The van der Waals surface area contributed by atoms with E-state index in [2.05, 4.69) is 21.2 Å². The molecule has 0 aliphatic heterocycles. The third-order valence-electron chi connectivity index (χ3n) is 2.82. The van der Waals surface area contributed by atoms with Crippen LogP contribution in [0.5, 0.6) is 0 Å². The van der Waals surface area contributed by atoms with Crippen molar-refractivity contribution in [1.82, 2.24) is 5.32 Å². The van der Waals surface area contributed by atoms with E-state index in [0.29, 0.717) is 5.56 Å². The maximum absolute atomic E-state index is 11.8. The van der Waals surface area contributed by atoms with Gasteiger partial charge in [0.05, 0.1) is 21.5 Å². The first-order valence-corrected chi connectivity index (χ1v) is 6.50. The predicted octanol–water partition coefficient (Wildman–Crippen LogP) is 2.16. The topological polar surface area (TPSA) is 49.3 Å². The van der Waals surface area contributed by atoms with E-state index in [9.17, 15) is 9.90 Å². The minimum absolute atomic E-state index is 0.0318. The summed E-state index contributed by atoms with van der Waals surface area (Å²) in [7, 11) is 0. The zero-order valence-electron chi connectivity index (χ0n) is 8.12. The highest BCUT2D eigenvalue weighted by atomic mass is 79.9. The van der Waals surface area contributed by atoms with Gasteiger partial charge in [0.25, 0.3) is 5.91 Å². The van der Waals surface area contributed by atoms with Crippen LogP contribution in [0.2, 0.25) is 0 Å². The highest BCUT2D eigenvalue weighted by Gasteiger charge is 2.37. The molecule has 0 spiro atoms. The molecule has 1 fully saturated rings. The summed E-state index contributed by atoms with van der Waals surface area (Å²) in [6, 6.07) is 1.80. The molecule has 1 aliphatic rings. The Morgan fingerprint density at radius 1 is 1.67 bits per heavy atom. The van der Waals surface area contributed by atoms with Gasteiger partial charge in [-0.25, -0.2) is 0 Å². The molecule has 1 saturated carbocycles. The van der Waals surface area contributed by atoms with Crippen LogP contribution in [0.25, 0.3) is 0 Å². The number of aliphatic hydroxyl groups excluding tert-OH is 1. The third kappa shape index (κ3) is 2.24. The van der Waals surface area contributed by atoms with E-state index >= 15 is 0 Å². The van der Waals surface area contributed by atoms with Crippen LogP contribution >= 0.6 is 27.3 Å². The van der Waals surface area contributed by atoms with Gasteiger partial charge in [-0.05, 0) is 41.3 Å². The van der Waals surface area contributed by atoms with E-state index < -0.39 is 0 Å². The van der Waals surface area contributed by atoms with Crippen LogP contribution in [-0.2, 0) is 0 Å². The Labute approximate surface area is 101 Å². The van der Waals surface area contributed by atoms with Crippen LogP contribution < -0.4 is 5.32 Å². The molecule has 1 aromatic heterocycles. The van der Waals surface area contributed by atoms with Gasteiger partial charge in [0.15, 0.2) is 0 Å². The fourth-order valence-electron chi connectivity index (χ4n) is 1.67. The molecule has 2 N–H and O–H groups in total. The molecule has 1 amide bonds. The van der Waals surface area contributed by atoms with E-state index in [1.54, 1.807) is 6.07 Å². The summed E-state index contributed by atoms with van der Waals surface area (Å²) in [5.74, 6) is -0.0919. The molecule has 1 aromatic rings. The molecule has 0 radical (unpaired) electrons. The van der Waals surface area contributed by atoms with Gasteiger partial charge in [0, 0.05) is 5.38 Å². The number of hydrogen-bond acceptors (Lipinski definition) is 3. The molecule has 1 aliphatic carbocycles. The Kier molecular flexibility index (Phi) is 3.13. The predicted molar refractivity (Wildman–Crippen MR) is 63.2 cm³/mol. The fourth-order valence-corrected chi connectivity index (χ4v) is 2.80. The first kappa shape index (κ1) is 11.1. The summed E-state index contributed by atoms with van der Waals surface area (Å²) >= 11 is 4.80. The van der Waals surface area contributed by atoms with Crippen molar-refractivity contribution in [2.75, 3.05) is 6.61 Å². The van der Waals surface area contributed by atoms with E-state index in [0.717, 1.165) is 23.0 Å². The van der Waals surface area contributed by atoms with Crippen LogP contribution in [0, 0.1) is 0 Å². The van der Waals surface area contributed by atoms with Crippen LogP contribution in [0.3, 0.4) is 0 Å². The number of carbonyl (C=O) groups excluding carboxylic acids is 1. The summed E-state index contributed by atoms with van der Waals surface area (Å²) in [6.45, 7) is 0.0318. The molecular weight excluding hydrogens is 278 g/mol. The van der Waals surface area contributed by atoms with Gasteiger partial charge in [0.1, 0.15) is 0 Å². The van der Waals surface area contributed by atoms with Crippen molar-refractivity contribution in [2.45, 2.75) is 24.8 Å². The molecular formula is C10H12BrNO2S. The zero-order valence-corrected chi connectivity index (χ0v) is 10.5. The second kappa shape index (κ2) is 4.23. The molecule has 0 aromatic carbocycles. The summed E-state index contributed by atoms with van der Waals surface area (Å²) in [6.07, 6.45) is 2.83. The van der Waals surface area contributed by atoms with Gasteiger partial charge >= 0.3 is 0 Å². The standard InChI is InChI=1S/C10H12BrNO2S/c11-8-4-7(5-15-8)9(14)12-10(6-13)2-1-3-10/h4-5,13H,1-3,6H2,(H,12,14). The Bertz CT molecular complexity index is 368. The smallest absolute Gasteiger partial charge is 0.252 e. The highest BCUT2D eigenvalue weighted by Crippen LogP contribution is 2.31. The van der Waals surface area contributed by atoms with Crippen molar-refractivity contribution in [1.29, 1.82) is 0 Å². The molecule has 5 heteroatoms. The zero-order chi connectivity index (χ0) is 10.9. The van der Waals surface area contributed by atoms with E-state index in [1.807, 2.05) is 5.38 Å². The van der Waals surface area contributed by atoms with E-state index in [1.165, 1.54) is 11.3 Å². The Morgan fingerprint density at radius 2 is 2.40 bits per heavy atom. The molecule has 0 saturated heterocycles. The molecule has 1 heterocycles. The number of thiophene rings is 1. The van der Waals surface area contributed by atoms with Gasteiger partial charge in [0.2, 0.25) is 0 Å². The van der Waals surface area contributed by atoms with Crippen molar-refractivity contribution in [3.63, 3.8) is 0 Å². The van der Waals surface area contributed by atoms with Gasteiger partial charge < -0.3 is 10.4 Å². The normalized spacial score (nSPS) is 18.3. The molecule has 0 atom stereocenters. The summed E-state index contributed by atoms with van der Waals surface area (Å²) in [4.78, 5) is 11.8. The fraction of sp³-hybridized carbons (Fsp3) is 0.500. The minimum atomic E-state index is -0.356. The van der Waals surface area contributed by atoms with E-state index in [-0.39, 0.29) is 18.1 Å². The SMILES string of the molecule is O=C(NC1(CO)CCC1)c1csc(Br)c1. The molecule has 15 heavy (non-hydrogen) atoms. The van der Waals surface area contributed by atoms with Crippen molar-refractivity contribution in [3.8, 4) is 0 Å². The number of rotatable bonds is 3. The second-order valence-electron chi connectivity index (χ2n) is 3.89. The summed E-state index contributed by atoms with van der Waals surface area (Å²) in [5.41, 5.74) is 0.303. The second-order valence-corrected chi connectivity index (χ2v) is 6.18. The van der Waals surface area contributed by atoms with Crippen LogP contribution in [0.15, 0.2) is 15.2 Å². The lowest BCUT2D eigenvalue weighted by Crippen LogP contribution is -2.56. The van der Waals surface area contributed by atoms with Crippen LogP contribution in [0.1, 0.15) is 29.6 Å². The maximum atomic E-state index is 11.8. The van der Waals surface area contributed by atoms with E-state index in [4.69, 9.17) is 0 Å².